The van der Waals surface area contributed by atoms with E-state index >= 15 is 0 Å². The Balaban J connectivity index is 2.60. The number of nitrogens with zero attached hydrogens (tertiary/aromatic N) is 3. The number of H-pyrrole nitrogens is 1. The Morgan fingerprint density at radius 1 is 1.53 bits per heavy atom. The second-order valence-corrected chi connectivity index (χ2v) is 3.20. The summed E-state index contributed by atoms with van der Waals surface area (Å²) in [6.07, 6.45) is 1.73. The van der Waals surface area contributed by atoms with Crippen LogP contribution < -0.4 is 10.3 Å². The van der Waals surface area contributed by atoms with Gasteiger partial charge in [-0.3, -0.25) is 4.79 Å². The Morgan fingerprint density at radius 2 is 2.33 bits per heavy atom. The van der Waals surface area contributed by atoms with Crippen LogP contribution >= 0.6 is 0 Å². The molecule has 0 aliphatic carbocycles. The first-order valence-electron chi connectivity index (χ1n) is 4.77. The third-order valence-corrected chi connectivity index (χ3v) is 2.06. The SMILES string of the molecule is CCCc1cc(=O)n2[nH]c(OC)nc2n1. The summed E-state index contributed by atoms with van der Waals surface area (Å²) < 4.78 is 6.15. The van der Waals surface area contributed by atoms with Crippen molar-refractivity contribution in [3.8, 4) is 6.01 Å². The van der Waals surface area contributed by atoms with Crippen LogP contribution in [-0.2, 0) is 6.42 Å². The van der Waals surface area contributed by atoms with E-state index in [1.54, 1.807) is 0 Å². The van der Waals surface area contributed by atoms with Gasteiger partial charge in [-0.25, -0.2) is 10.1 Å². The topological polar surface area (TPSA) is 72.3 Å². The predicted octanol–water partition coefficient (Wildman–Crippen LogP) is 0.379. The van der Waals surface area contributed by atoms with Gasteiger partial charge in [0.05, 0.1) is 12.8 Å². The van der Waals surface area contributed by atoms with E-state index in [2.05, 4.69) is 15.1 Å². The zero-order valence-electron chi connectivity index (χ0n) is 8.65. The molecule has 0 unspecified atom stereocenters. The number of fused-ring (bicyclic) bond motifs is 1. The predicted molar refractivity (Wildman–Crippen MR) is 54.2 cm³/mol. The van der Waals surface area contributed by atoms with E-state index in [0.717, 1.165) is 18.5 Å². The summed E-state index contributed by atoms with van der Waals surface area (Å²) in [5, 5.41) is 2.69. The molecule has 0 spiro atoms. The molecule has 2 aromatic rings. The fourth-order valence-corrected chi connectivity index (χ4v) is 1.38. The number of nitrogens with one attached hydrogen (secondary N) is 1. The van der Waals surface area contributed by atoms with Crippen LogP contribution in [0, 0.1) is 0 Å². The summed E-state index contributed by atoms with van der Waals surface area (Å²) in [7, 11) is 1.48. The van der Waals surface area contributed by atoms with Crippen molar-refractivity contribution in [3.63, 3.8) is 0 Å². The number of methoxy groups -OCH3 is 1. The van der Waals surface area contributed by atoms with Crippen LogP contribution in [0.2, 0.25) is 0 Å². The number of aromatic amines is 1. The number of hydrogen-bond donors (Lipinski definition) is 1. The normalized spacial score (nSPS) is 10.8. The number of ether oxygens (including phenoxy) is 1. The molecule has 0 radical (unpaired) electrons. The minimum atomic E-state index is -0.167. The zero-order valence-corrected chi connectivity index (χ0v) is 8.65. The maximum atomic E-state index is 11.6. The standard InChI is InChI=1S/C9H12N4O2/c1-3-4-6-5-7(14)13-8(10-6)11-9(12-13)15-2/h5H,3-4H2,1-2H3,(H,10,11,12). The number of aryl methyl sites for hydroxylation is 1. The Morgan fingerprint density at radius 3 is 3.00 bits per heavy atom. The molecule has 6 heteroatoms. The van der Waals surface area contributed by atoms with Gasteiger partial charge in [-0.05, 0) is 6.42 Å². The summed E-state index contributed by atoms with van der Waals surface area (Å²) in [6, 6.07) is 1.79. The molecule has 0 atom stereocenters. The smallest absolute Gasteiger partial charge is 0.312 e. The van der Waals surface area contributed by atoms with Gasteiger partial charge in [0.25, 0.3) is 11.3 Å². The summed E-state index contributed by atoms with van der Waals surface area (Å²) in [5.74, 6) is 0.350. The van der Waals surface area contributed by atoms with E-state index < -0.39 is 0 Å². The minimum absolute atomic E-state index is 0.167. The van der Waals surface area contributed by atoms with Crippen molar-refractivity contribution in [3.05, 3.63) is 22.1 Å². The van der Waals surface area contributed by atoms with Gasteiger partial charge in [-0.2, -0.15) is 9.50 Å². The van der Waals surface area contributed by atoms with Crippen molar-refractivity contribution in [2.45, 2.75) is 19.8 Å². The third-order valence-electron chi connectivity index (χ3n) is 2.06. The lowest BCUT2D eigenvalue weighted by Crippen LogP contribution is -2.15. The first-order valence-corrected chi connectivity index (χ1v) is 4.77. The van der Waals surface area contributed by atoms with Gasteiger partial charge in [-0.15, -0.1) is 0 Å². The molecule has 0 saturated carbocycles. The van der Waals surface area contributed by atoms with Crippen molar-refractivity contribution < 1.29 is 4.74 Å². The summed E-state index contributed by atoms with van der Waals surface area (Å²) in [5.41, 5.74) is 0.593. The molecule has 0 saturated heterocycles. The number of hydrogen-bond acceptors (Lipinski definition) is 4. The fraction of sp³-hybridized carbons (Fsp3) is 0.444. The van der Waals surface area contributed by atoms with Gasteiger partial charge in [-0.1, -0.05) is 13.3 Å². The average molecular weight is 208 g/mol. The maximum absolute atomic E-state index is 11.6. The lowest BCUT2D eigenvalue weighted by molar-refractivity contribution is 0.380. The van der Waals surface area contributed by atoms with Crippen LogP contribution in [0.1, 0.15) is 19.0 Å². The van der Waals surface area contributed by atoms with Crippen LogP contribution in [0.5, 0.6) is 6.01 Å². The molecule has 0 aliphatic heterocycles. The van der Waals surface area contributed by atoms with Gasteiger partial charge in [0.1, 0.15) is 0 Å². The molecule has 15 heavy (non-hydrogen) atoms. The zero-order chi connectivity index (χ0) is 10.8. The molecule has 6 nitrogen and oxygen atoms in total. The van der Waals surface area contributed by atoms with Gasteiger partial charge in [0.15, 0.2) is 0 Å². The fourth-order valence-electron chi connectivity index (χ4n) is 1.38. The van der Waals surface area contributed by atoms with Crippen molar-refractivity contribution in [1.29, 1.82) is 0 Å². The summed E-state index contributed by atoms with van der Waals surface area (Å²) in [4.78, 5) is 19.8. The Kier molecular flexibility index (Phi) is 2.40. The van der Waals surface area contributed by atoms with Crippen molar-refractivity contribution in [2.24, 2.45) is 0 Å². The molecule has 0 aromatic carbocycles. The van der Waals surface area contributed by atoms with Crippen LogP contribution in [0.4, 0.5) is 0 Å². The van der Waals surface area contributed by atoms with Crippen molar-refractivity contribution in [1.82, 2.24) is 19.6 Å². The van der Waals surface area contributed by atoms with Gasteiger partial charge in [0.2, 0.25) is 0 Å². The van der Waals surface area contributed by atoms with E-state index in [0.29, 0.717) is 5.78 Å². The van der Waals surface area contributed by atoms with Gasteiger partial charge in [0, 0.05) is 6.07 Å². The molecule has 0 fully saturated rings. The lowest BCUT2D eigenvalue weighted by Gasteiger charge is -1.95. The van der Waals surface area contributed by atoms with Crippen LogP contribution in [-0.4, -0.2) is 26.7 Å². The molecular weight excluding hydrogens is 196 g/mol. The molecule has 2 rings (SSSR count). The monoisotopic (exact) mass is 208 g/mol. The average Bonchev–Trinajstić information content (AvgIpc) is 2.62. The molecule has 2 aromatic heterocycles. The summed E-state index contributed by atoms with van der Waals surface area (Å²) >= 11 is 0. The van der Waals surface area contributed by atoms with E-state index in [4.69, 9.17) is 4.74 Å². The van der Waals surface area contributed by atoms with E-state index in [1.165, 1.54) is 17.7 Å². The molecule has 0 bridgehead atoms. The highest BCUT2D eigenvalue weighted by Gasteiger charge is 2.07. The molecule has 80 valence electrons. The van der Waals surface area contributed by atoms with Gasteiger partial charge >= 0.3 is 6.01 Å². The Bertz CT molecular complexity index is 528. The van der Waals surface area contributed by atoms with Crippen LogP contribution in [0.3, 0.4) is 0 Å². The van der Waals surface area contributed by atoms with Gasteiger partial charge < -0.3 is 4.74 Å². The number of aromatic nitrogens is 4. The Labute approximate surface area is 85.9 Å². The van der Waals surface area contributed by atoms with Crippen molar-refractivity contribution >= 4 is 5.78 Å². The number of rotatable bonds is 3. The lowest BCUT2D eigenvalue weighted by atomic mass is 10.2. The van der Waals surface area contributed by atoms with E-state index in [1.807, 2.05) is 6.92 Å². The minimum Gasteiger partial charge on any atom is -0.467 e. The quantitative estimate of drug-likeness (QED) is 0.791. The second-order valence-electron chi connectivity index (χ2n) is 3.20. The maximum Gasteiger partial charge on any atom is 0.312 e. The van der Waals surface area contributed by atoms with Crippen LogP contribution in [0.25, 0.3) is 5.78 Å². The highest BCUT2D eigenvalue weighted by Crippen LogP contribution is 2.03. The van der Waals surface area contributed by atoms with E-state index in [9.17, 15) is 4.79 Å². The highest BCUT2D eigenvalue weighted by molar-refractivity contribution is 5.29. The molecule has 1 N–H and O–H groups in total. The van der Waals surface area contributed by atoms with Crippen molar-refractivity contribution in [2.75, 3.05) is 7.11 Å². The Hall–Kier alpha value is -1.85. The third kappa shape index (κ3) is 1.70. The summed E-state index contributed by atoms with van der Waals surface area (Å²) in [6.45, 7) is 2.04. The molecule has 2 heterocycles. The molecule has 0 amide bonds. The molecular formula is C9H12N4O2. The first kappa shape index (κ1) is 9.70. The van der Waals surface area contributed by atoms with Crippen LogP contribution in [0.15, 0.2) is 10.9 Å². The second kappa shape index (κ2) is 3.72. The largest absolute Gasteiger partial charge is 0.467 e. The highest BCUT2D eigenvalue weighted by atomic mass is 16.5. The van der Waals surface area contributed by atoms with E-state index in [-0.39, 0.29) is 11.6 Å². The first-order chi connectivity index (χ1) is 7.24. The molecule has 0 aliphatic rings.